The maximum atomic E-state index is 6.12. The maximum Gasteiger partial charge on any atom is 0.125 e. The summed E-state index contributed by atoms with van der Waals surface area (Å²) in [6.45, 7) is 2.04. The molecule has 0 aromatic heterocycles. The Morgan fingerprint density at radius 1 is 1.24 bits per heavy atom. The molecule has 0 bridgehead atoms. The Hall–Kier alpha value is -1.22. The zero-order chi connectivity index (χ0) is 12.5. The van der Waals surface area contributed by atoms with Crippen molar-refractivity contribution in [3.63, 3.8) is 0 Å². The second-order valence-corrected chi connectivity index (χ2v) is 5.00. The molecule has 0 heterocycles. The molecule has 0 unspecified atom stereocenters. The Kier molecular flexibility index (Phi) is 3.29. The van der Waals surface area contributed by atoms with Crippen molar-refractivity contribution < 1.29 is 9.47 Å². The third-order valence-electron chi connectivity index (χ3n) is 3.55. The van der Waals surface area contributed by atoms with Crippen LogP contribution in [0.5, 0.6) is 11.5 Å². The predicted octanol–water partition coefficient (Wildman–Crippen LogP) is 2.44. The highest BCUT2D eigenvalue weighted by Crippen LogP contribution is 2.38. The van der Waals surface area contributed by atoms with Crippen molar-refractivity contribution in [1.82, 2.24) is 0 Å². The number of hydrogen-bond acceptors (Lipinski definition) is 3. The molecule has 1 aliphatic rings. The van der Waals surface area contributed by atoms with Gasteiger partial charge in [-0.1, -0.05) is 0 Å². The number of benzene rings is 1. The first-order valence-corrected chi connectivity index (χ1v) is 6.08. The van der Waals surface area contributed by atoms with Crippen molar-refractivity contribution in [1.29, 1.82) is 0 Å². The first-order valence-electron chi connectivity index (χ1n) is 6.08. The van der Waals surface area contributed by atoms with Crippen molar-refractivity contribution in [3.8, 4) is 11.5 Å². The highest BCUT2D eigenvalue weighted by molar-refractivity contribution is 5.46. The number of hydrogen-bond donors (Lipinski definition) is 1. The van der Waals surface area contributed by atoms with Gasteiger partial charge in [0, 0.05) is 5.54 Å². The zero-order valence-electron chi connectivity index (χ0n) is 10.9. The molecule has 17 heavy (non-hydrogen) atoms. The van der Waals surface area contributed by atoms with E-state index in [0.717, 1.165) is 42.7 Å². The van der Waals surface area contributed by atoms with Gasteiger partial charge in [0.1, 0.15) is 11.5 Å². The highest BCUT2D eigenvalue weighted by atomic mass is 16.5. The van der Waals surface area contributed by atoms with Crippen LogP contribution in [0.3, 0.4) is 0 Å². The van der Waals surface area contributed by atoms with E-state index in [4.69, 9.17) is 15.2 Å². The van der Waals surface area contributed by atoms with Crippen molar-refractivity contribution in [2.45, 2.75) is 38.1 Å². The smallest absolute Gasteiger partial charge is 0.125 e. The highest BCUT2D eigenvalue weighted by Gasteiger charge is 2.37. The average molecular weight is 235 g/mol. The number of ether oxygens (including phenoxy) is 2. The molecule has 94 valence electrons. The summed E-state index contributed by atoms with van der Waals surface area (Å²) in [7, 11) is 3.41. The lowest BCUT2D eigenvalue weighted by atomic mass is 10.0. The molecule has 1 aromatic carbocycles. The van der Waals surface area contributed by atoms with Crippen LogP contribution in [0.4, 0.5) is 0 Å². The van der Waals surface area contributed by atoms with Crippen molar-refractivity contribution >= 4 is 0 Å². The molecular weight excluding hydrogens is 214 g/mol. The molecule has 0 spiro atoms. The molecule has 2 rings (SSSR count). The molecule has 1 saturated carbocycles. The first-order chi connectivity index (χ1) is 8.08. The fourth-order valence-electron chi connectivity index (χ4n) is 2.20. The lowest BCUT2D eigenvalue weighted by Crippen LogP contribution is -2.22. The van der Waals surface area contributed by atoms with Crippen molar-refractivity contribution in [2.24, 2.45) is 5.73 Å². The fraction of sp³-hybridized carbons (Fsp3) is 0.571. The van der Waals surface area contributed by atoms with Gasteiger partial charge in [0.05, 0.1) is 14.2 Å². The van der Waals surface area contributed by atoms with Gasteiger partial charge in [0.25, 0.3) is 0 Å². The molecule has 0 atom stereocenters. The van der Waals surface area contributed by atoms with Crippen LogP contribution in [-0.4, -0.2) is 19.8 Å². The van der Waals surface area contributed by atoms with Crippen LogP contribution >= 0.6 is 0 Å². The maximum absolute atomic E-state index is 6.12. The molecule has 0 saturated heterocycles. The molecule has 3 heteroatoms. The SMILES string of the molecule is COc1cc(C)c(OC)c(CCC2(N)CC2)c1. The third kappa shape index (κ3) is 2.72. The summed E-state index contributed by atoms with van der Waals surface area (Å²) in [6.07, 6.45) is 4.28. The Balaban J connectivity index is 2.19. The van der Waals surface area contributed by atoms with E-state index in [1.807, 2.05) is 13.0 Å². The summed E-state index contributed by atoms with van der Waals surface area (Å²) < 4.78 is 10.8. The van der Waals surface area contributed by atoms with Crippen LogP contribution in [-0.2, 0) is 6.42 Å². The van der Waals surface area contributed by atoms with E-state index >= 15 is 0 Å². The lowest BCUT2D eigenvalue weighted by molar-refractivity contribution is 0.394. The van der Waals surface area contributed by atoms with E-state index in [1.165, 1.54) is 5.56 Å². The summed E-state index contributed by atoms with van der Waals surface area (Å²) in [5.41, 5.74) is 8.52. The summed E-state index contributed by atoms with van der Waals surface area (Å²) in [5, 5.41) is 0. The Bertz CT molecular complexity index is 411. The number of methoxy groups -OCH3 is 2. The van der Waals surface area contributed by atoms with Gasteiger partial charge in [-0.25, -0.2) is 0 Å². The van der Waals surface area contributed by atoms with E-state index in [-0.39, 0.29) is 5.54 Å². The first kappa shape index (κ1) is 12.2. The largest absolute Gasteiger partial charge is 0.497 e. The van der Waals surface area contributed by atoms with Crippen LogP contribution in [0.2, 0.25) is 0 Å². The normalized spacial score (nSPS) is 16.7. The number of nitrogens with two attached hydrogens (primary N) is 1. The van der Waals surface area contributed by atoms with Gasteiger partial charge in [-0.15, -0.1) is 0 Å². The minimum atomic E-state index is 0.0853. The number of rotatable bonds is 5. The van der Waals surface area contributed by atoms with E-state index in [2.05, 4.69) is 6.07 Å². The van der Waals surface area contributed by atoms with Gasteiger partial charge >= 0.3 is 0 Å². The Labute approximate surface area is 103 Å². The summed E-state index contributed by atoms with van der Waals surface area (Å²) in [5.74, 6) is 1.86. The van der Waals surface area contributed by atoms with Gasteiger partial charge in [0.2, 0.25) is 0 Å². The van der Waals surface area contributed by atoms with Crippen molar-refractivity contribution in [2.75, 3.05) is 14.2 Å². The van der Waals surface area contributed by atoms with Gasteiger partial charge in [-0.2, -0.15) is 0 Å². The van der Waals surface area contributed by atoms with Crippen LogP contribution in [0, 0.1) is 6.92 Å². The second kappa shape index (κ2) is 4.57. The Morgan fingerprint density at radius 3 is 2.47 bits per heavy atom. The standard InChI is InChI=1S/C14H21NO2/c1-10-8-12(16-2)9-11(13(10)17-3)4-5-14(15)6-7-14/h8-9H,4-7,15H2,1-3H3. The molecular formula is C14H21NO2. The summed E-state index contributed by atoms with van der Waals surface area (Å²) >= 11 is 0. The second-order valence-electron chi connectivity index (χ2n) is 5.00. The molecule has 1 aliphatic carbocycles. The van der Waals surface area contributed by atoms with Gasteiger partial charge in [-0.3, -0.25) is 0 Å². The van der Waals surface area contributed by atoms with E-state index < -0.39 is 0 Å². The molecule has 0 aliphatic heterocycles. The van der Waals surface area contributed by atoms with E-state index in [9.17, 15) is 0 Å². The average Bonchev–Trinajstić information content (AvgIpc) is 3.04. The summed E-state index contributed by atoms with van der Waals surface area (Å²) in [6, 6.07) is 4.05. The van der Waals surface area contributed by atoms with E-state index in [0.29, 0.717) is 0 Å². The van der Waals surface area contributed by atoms with Crippen molar-refractivity contribution in [3.05, 3.63) is 23.3 Å². The zero-order valence-corrected chi connectivity index (χ0v) is 10.9. The quantitative estimate of drug-likeness (QED) is 0.852. The Morgan fingerprint density at radius 2 is 1.94 bits per heavy atom. The van der Waals surface area contributed by atoms with Gasteiger partial charge < -0.3 is 15.2 Å². The van der Waals surface area contributed by atoms with Gasteiger partial charge in [-0.05, 0) is 55.9 Å². The van der Waals surface area contributed by atoms with Crippen LogP contribution in [0.1, 0.15) is 30.4 Å². The molecule has 3 nitrogen and oxygen atoms in total. The summed E-state index contributed by atoms with van der Waals surface area (Å²) in [4.78, 5) is 0. The molecule has 0 amide bonds. The topological polar surface area (TPSA) is 44.5 Å². The van der Waals surface area contributed by atoms with E-state index in [1.54, 1.807) is 14.2 Å². The van der Waals surface area contributed by atoms with Crippen LogP contribution < -0.4 is 15.2 Å². The monoisotopic (exact) mass is 235 g/mol. The minimum Gasteiger partial charge on any atom is -0.497 e. The lowest BCUT2D eigenvalue weighted by Gasteiger charge is -2.15. The molecule has 2 N–H and O–H groups in total. The third-order valence-corrected chi connectivity index (χ3v) is 3.55. The van der Waals surface area contributed by atoms with Crippen LogP contribution in [0.25, 0.3) is 0 Å². The van der Waals surface area contributed by atoms with Gasteiger partial charge in [0.15, 0.2) is 0 Å². The molecule has 1 aromatic rings. The van der Waals surface area contributed by atoms with Crippen LogP contribution in [0.15, 0.2) is 12.1 Å². The number of aryl methyl sites for hydroxylation is 2. The fourth-order valence-corrected chi connectivity index (χ4v) is 2.20. The molecule has 0 radical (unpaired) electrons. The molecule has 1 fully saturated rings. The minimum absolute atomic E-state index is 0.0853. The predicted molar refractivity (Wildman–Crippen MR) is 68.8 cm³/mol.